The summed E-state index contributed by atoms with van der Waals surface area (Å²) in [5, 5.41) is 7.51. The average molecular weight is 464 g/mol. The lowest BCUT2D eigenvalue weighted by Crippen LogP contribution is -2.26. The van der Waals surface area contributed by atoms with Crippen LogP contribution in [0.5, 0.6) is 0 Å². The van der Waals surface area contributed by atoms with Crippen LogP contribution >= 0.6 is 0 Å². The molecular weight excluding hydrogens is 434 g/mol. The summed E-state index contributed by atoms with van der Waals surface area (Å²) < 4.78 is 1.70. The molecule has 0 atom stereocenters. The first-order chi connectivity index (χ1) is 17.1. The molecule has 2 N–H and O–H groups in total. The minimum atomic E-state index is -0.147. The van der Waals surface area contributed by atoms with Crippen LogP contribution in [0.3, 0.4) is 0 Å². The molecule has 6 heteroatoms. The van der Waals surface area contributed by atoms with Crippen molar-refractivity contribution >= 4 is 22.7 Å². The molecular formula is C29H29N5O. The van der Waals surface area contributed by atoms with Crippen molar-refractivity contribution in [2.75, 3.05) is 18.4 Å². The molecule has 5 rings (SSSR count). The number of anilines is 2. The summed E-state index contributed by atoms with van der Waals surface area (Å²) in [6.45, 7) is 6.35. The van der Waals surface area contributed by atoms with Gasteiger partial charge in [0.25, 0.3) is 5.56 Å². The topological polar surface area (TPSA) is 71.8 Å². The number of nitrogens with one attached hydrogen (secondary N) is 2. The zero-order valence-corrected chi connectivity index (χ0v) is 20.1. The highest BCUT2D eigenvalue weighted by molar-refractivity contribution is 5.77. The molecule has 6 nitrogen and oxygen atoms in total. The highest BCUT2D eigenvalue weighted by atomic mass is 16.1. The standard InChI is InChI=1S/C29H29N5O/c1-3-6-23-17-25-18-31-29(32-26-11-9-21(10-12-26)22-13-15-30-16-14-22)33-27(25)34(28(23)35)19-24-8-5-4-7-20(24)2/h4-5,7-12,17-18,22,30H,13-16,19H2,1-2H3,(H,31,32,33). The first kappa shape index (κ1) is 22.8. The number of fused-ring (bicyclic) bond motifs is 1. The predicted molar refractivity (Wildman–Crippen MR) is 141 cm³/mol. The molecule has 0 spiro atoms. The second-order valence-electron chi connectivity index (χ2n) is 8.99. The molecule has 4 aromatic rings. The second kappa shape index (κ2) is 10.1. The molecule has 35 heavy (non-hydrogen) atoms. The summed E-state index contributed by atoms with van der Waals surface area (Å²) in [6.07, 6.45) is 4.09. The van der Waals surface area contributed by atoms with Crippen molar-refractivity contribution in [3.8, 4) is 11.8 Å². The van der Waals surface area contributed by atoms with Crippen LogP contribution < -0.4 is 16.2 Å². The van der Waals surface area contributed by atoms with E-state index in [2.05, 4.69) is 51.7 Å². The Bertz CT molecular complexity index is 1470. The van der Waals surface area contributed by atoms with E-state index in [0.717, 1.165) is 35.3 Å². The lowest BCUT2D eigenvalue weighted by atomic mass is 9.90. The molecule has 176 valence electrons. The Balaban J connectivity index is 1.49. The lowest BCUT2D eigenvalue weighted by molar-refractivity contribution is 0.460. The van der Waals surface area contributed by atoms with Crippen LogP contribution in [-0.4, -0.2) is 27.6 Å². The van der Waals surface area contributed by atoms with Gasteiger partial charge in [-0.15, -0.1) is 5.92 Å². The van der Waals surface area contributed by atoms with E-state index >= 15 is 0 Å². The number of piperidine rings is 1. The Labute approximate surface area is 205 Å². The average Bonchev–Trinajstić information content (AvgIpc) is 2.89. The maximum Gasteiger partial charge on any atom is 0.268 e. The fourth-order valence-corrected chi connectivity index (χ4v) is 4.67. The van der Waals surface area contributed by atoms with E-state index < -0.39 is 0 Å². The van der Waals surface area contributed by atoms with Crippen molar-refractivity contribution in [1.82, 2.24) is 19.9 Å². The maximum atomic E-state index is 13.3. The monoisotopic (exact) mass is 463 g/mol. The number of nitrogens with zero attached hydrogens (tertiary/aromatic N) is 3. The molecule has 0 radical (unpaired) electrons. The van der Waals surface area contributed by atoms with Gasteiger partial charge in [0.15, 0.2) is 0 Å². The SMILES string of the molecule is CC#Cc1cc2cnc(Nc3ccc(C4CCNCC4)cc3)nc2n(Cc2ccccc2C)c1=O. The van der Waals surface area contributed by atoms with E-state index in [0.29, 0.717) is 29.6 Å². The van der Waals surface area contributed by atoms with Crippen LogP contribution in [0.2, 0.25) is 0 Å². The second-order valence-corrected chi connectivity index (χ2v) is 8.99. The van der Waals surface area contributed by atoms with Gasteiger partial charge >= 0.3 is 0 Å². The third-order valence-electron chi connectivity index (χ3n) is 6.65. The number of hydrogen-bond acceptors (Lipinski definition) is 5. The van der Waals surface area contributed by atoms with Gasteiger partial charge in [-0.1, -0.05) is 42.3 Å². The van der Waals surface area contributed by atoms with E-state index in [1.165, 1.54) is 18.4 Å². The zero-order valence-electron chi connectivity index (χ0n) is 20.1. The van der Waals surface area contributed by atoms with Crippen LogP contribution in [0.1, 0.15) is 47.9 Å². The van der Waals surface area contributed by atoms with Gasteiger partial charge < -0.3 is 10.6 Å². The third-order valence-corrected chi connectivity index (χ3v) is 6.65. The largest absolute Gasteiger partial charge is 0.324 e. The number of rotatable bonds is 5. The van der Waals surface area contributed by atoms with Crippen molar-refractivity contribution in [3.63, 3.8) is 0 Å². The Morgan fingerprint density at radius 1 is 1.11 bits per heavy atom. The number of aryl methyl sites for hydroxylation is 1. The molecule has 2 aromatic carbocycles. The maximum absolute atomic E-state index is 13.3. The first-order valence-corrected chi connectivity index (χ1v) is 12.1. The van der Waals surface area contributed by atoms with E-state index in [9.17, 15) is 4.79 Å². The molecule has 2 aromatic heterocycles. The summed E-state index contributed by atoms with van der Waals surface area (Å²) in [7, 11) is 0. The Kier molecular flexibility index (Phi) is 6.60. The summed E-state index contributed by atoms with van der Waals surface area (Å²) >= 11 is 0. The van der Waals surface area contributed by atoms with Crippen LogP contribution in [0.4, 0.5) is 11.6 Å². The molecule has 3 heterocycles. The molecule has 0 bridgehead atoms. The van der Waals surface area contributed by atoms with E-state index in [1.54, 1.807) is 23.8 Å². The molecule has 1 saturated heterocycles. The first-order valence-electron chi connectivity index (χ1n) is 12.1. The number of pyridine rings is 1. The normalized spacial score (nSPS) is 13.9. The molecule has 0 unspecified atom stereocenters. The lowest BCUT2D eigenvalue weighted by Gasteiger charge is -2.23. The molecule has 0 saturated carbocycles. The third kappa shape index (κ3) is 4.96. The molecule has 1 aliphatic heterocycles. The van der Waals surface area contributed by atoms with E-state index in [4.69, 9.17) is 4.98 Å². The van der Waals surface area contributed by atoms with Crippen molar-refractivity contribution in [2.24, 2.45) is 0 Å². The minimum Gasteiger partial charge on any atom is -0.324 e. The van der Waals surface area contributed by atoms with Gasteiger partial charge in [-0.25, -0.2) is 4.98 Å². The van der Waals surface area contributed by atoms with E-state index in [-0.39, 0.29) is 5.56 Å². The zero-order chi connectivity index (χ0) is 24.2. The van der Waals surface area contributed by atoms with Gasteiger partial charge in [-0.05, 0) is 80.6 Å². The highest BCUT2D eigenvalue weighted by Crippen LogP contribution is 2.27. The van der Waals surface area contributed by atoms with Crippen molar-refractivity contribution in [3.05, 3.63) is 93.4 Å². The van der Waals surface area contributed by atoms with Gasteiger partial charge in [0.1, 0.15) is 5.65 Å². The fourth-order valence-electron chi connectivity index (χ4n) is 4.67. The predicted octanol–water partition coefficient (Wildman–Crippen LogP) is 4.73. The van der Waals surface area contributed by atoms with Crippen molar-refractivity contribution in [1.29, 1.82) is 0 Å². The Morgan fingerprint density at radius 3 is 2.63 bits per heavy atom. The number of aromatic nitrogens is 3. The summed E-state index contributed by atoms with van der Waals surface area (Å²) in [4.78, 5) is 22.6. The summed E-state index contributed by atoms with van der Waals surface area (Å²) in [6, 6.07) is 18.4. The minimum absolute atomic E-state index is 0.147. The van der Waals surface area contributed by atoms with Gasteiger partial charge in [0, 0.05) is 17.3 Å². The number of benzene rings is 2. The van der Waals surface area contributed by atoms with Gasteiger partial charge in [-0.2, -0.15) is 4.98 Å². The van der Waals surface area contributed by atoms with Crippen LogP contribution in [0, 0.1) is 18.8 Å². The van der Waals surface area contributed by atoms with Gasteiger partial charge in [-0.3, -0.25) is 9.36 Å². The van der Waals surface area contributed by atoms with Gasteiger partial charge in [0.05, 0.1) is 12.1 Å². The van der Waals surface area contributed by atoms with Gasteiger partial charge in [0.2, 0.25) is 5.95 Å². The Morgan fingerprint density at radius 2 is 1.89 bits per heavy atom. The molecule has 1 aliphatic rings. The quantitative estimate of drug-likeness (QED) is 0.419. The van der Waals surface area contributed by atoms with Crippen molar-refractivity contribution < 1.29 is 0 Å². The molecule has 0 amide bonds. The van der Waals surface area contributed by atoms with Crippen LogP contribution in [-0.2, 0) is 6.54 Å². The van der Waals surface area contributed by atoms with Crippen LogP contribution in [0.15, 0.2) is 65.6 Å². The summed E-state index contributed by atoms with van der Waals surface area (Å²) in [5.74, 6) is 6.85. The number of hydrogen-bond donors (Lipinski definition) is 2. The fraction of sp³-hybridized carbons (Fsp3) is 0.276. The smallest absolute Gasteiger partial charge is 0.268 e. The molecule has 1 fully saturated rings. The Hall–Kier alpha value is -3.95. The molecule has 0 aliphatic carbocycles. The summed E-state index contributed by atoms with van der Waals surface area (Å²) in [5.41, 5.74) is 5.37. The van der Waals surface area contributed by atoms with E-state index in [1.807, 2.05) is 31.2 Å². The van der Waals surface area contributed by atoms with Crippen LogP contribution in [0.25, 0.3) is 11.0 Å². The highest BCUT2D eigenvalue weighted by Gasteiger charge is 2.15. The van der Waals surface area contributed by atoms with Crippen molar-refractivity contribution in [2.45, 2.75) is 39.2 Å².